The van der Waals surface area contributed by atoms with Crippen LogP contribution in [0.4, 0.5) is 0 Å². The van der Waals surface area contributed by atoms with Gasteiger partial charge in [0.2, 0.25) is 0 Å². The summed E-state index contributed by atoms with van der Waals surface area (Å²) < 4.78 is 2.07. The third-order valence-electron chi connectivity index (χ3n) is 3.69. The molecular weight excluding hydrogens is 270 g/mol. The molecule has 0 saturated heterocycles. The molecule has 0 atom stereocenters. The van der Waals surface area contributed by atoms with Crippen LogP contribution in [0, 0.1) is 5.41 Å². The molecule has 3 nitrogen and oxygen atoms in total. The summed E-state index contributed by atoms with van der Waals surface area (Å²) >= 11 is 6.50. The largest absolute Gasteiger partial charge is 0.315 e. The number of aryl methyl sites for hydroxylation is 2. The van der Waals surface area contributed by atoms with Crippen LogP contribution >= 0.6 is 11.6 Å². The summed E-state index contributed by atoms with van der Waals surface area (Å²) in [6.45, 7) is 15.1. The fourth-order valence-electron chi connectivity index (χ4n) is 2.43. The Bertz CT molecular complexity index is 422. The van der Waals surface area contributed by atoms with Crippen molar-refractivity contribution in [3.63, 3.8) is 0 Å². The van der Waals surface area contributed by atoms with E-state index in [2.05, 4.69) is 56.6 Å². The number of aromatic nitrogens is 2. The van der Waals surface area contributed by atoms with Gasteiger partial charge < -0.3 is 5.32 Å². The minimum absolute atomic E-state index is 0.226. The van der Waals surface area contributed by atoms with E-state index in [1.165, 1.54) is 5.69 Å². The zero-order valence-corrected chi connectivity index (χ0v) is 14.6. The Kier molecular flexibility index (Phi) is 6.53. The highest BCUT2D eigenvalue weighted by molar-refractivity contribution is 6.31. The van der Waals surface area contributed by atoms with Crippen molar-refractivity contribution in [3.05, 3.63) is 16.4 Å². The molecule has 0 aliphatic heterocycles. The average Bonchev–Trinajstić information content (AvgIpc) is 2.65. The number of nitrogens with zero attached hydrogens (tertiary/aromatic N) is 2. The van der Waals surface area contributed by atoms with Crippen molar-refractivity contribution in [3.8, 4) is 0 Å². The molecule has 0 bridgehead atoms. The fraction of sp³-hybridized carbons (Fsp3) is 0.812. The topological polar surface area (TPSA) is 29.9 Å². The summed E-state index contributed by atoms with van der Waals surface area (Å²) in [5.41, 5.74) is 2.45. The first-order valence-corrected chi connectivity index (χ1v) is 8.16. The molecule has 20 heavy (non-hydrogen) atoms. The van der Waals surface area contributed by atoms with Gasteiger partial charge >= 0.3 is 0 Å². The Morgan fingerprint density at radius 2 is 1.95 bits per heavy atom. The minimum Gasteiger partial charge on any atom is -0.315 e. The molecule has 1 aromatic heterocycles. The lowest BCUT2D eigenvalue weighted by Gasteiger charge is -2.26. The number of nitrogens with one attached hydrogen (secondary N) is 1. The second kappa shape index (κ2) is 7.46. The van der Waals surface area contributed by atoms with E-state index in [1.807, 2.05) is 0 Å². The first-order chi connectivity index (χ1) is 9.30. The molecule has 0 saturated carbocycles. The van der Waals surface area contributed by atoms with E-state index < -0.39 is 0 Å². The maximum atomic E-state index is 6.50. The fourth-order valence-corrected chi connectivity index (χ4v) is 2.76. The van der Waals surface area contributed by atoms with Crippen LogP contribution in [0.1, 0.15) is 59.4 Å². The van der Waals surface area contributed by atoms with E-state index >= 15 is 0 Å². The van der Waals surface area contributed by atoms with Crippen LogP contribution in [0.3, 0.4) is 0 Å². The van der Waals surface area contributed by atoms with E-state index in [4.69, 9.17) is 11.6 Å². The summed E-state index contributed by atoms with van der Waals surface area (Å²) in [5.74, 6) is 0. The summed E-state index contributed by atoms with van der Waals surface area (Å²) in [5, 5.41) is 8.97. The van der Waals surface area contributed by atoms with Gasteiger partial charge in [-0.15, -0.1) is 0 Å². The Morgan fingerprint density at radius 3 is 2.45 bits per heavy atom. The lowest BCUT2D eigenvalue weighted by atomic mass is 9.84. The molecule has 0 aliphatic rings. The first kappa shape index (κ1) is 17.5. The van der Waals surface area contributed by atoms with Crippen LogP contribution in [0.5, 0.6) is 0 Å². The zero-order valence-electron chi connectivity index (χ0n) is 13.9. The molecule has 0 aromatic carbocycles. The molecule has 0 amide bonds. The van der Waals surface area contributed by atoms with Gasteiger partial charge in [-0.3, -0.25) is 4.68 Å². The lowest BCUT2D eigenvalue weighted by Crippen LogP contribution is -2.29. The number of hydrogen-bond donors (Lipinski definition) is 1. The quantitative estimate of drug-likeness (QED) is 0.784. The summed E-state index contributed by atoms with van der Waals surface area (Å²) in [7, 11) is 0. The number of rotatable bonds is 8. The highest BCUT2D eigenvalue weighted by Crippen LogP contribution is 2.31. The van der Waals surface area contributed by atoms with Gasteiger partial charge in [-0.2, -0.15) is 5.10 Å². The summed E-state index contributed by atoms with van der Waals surface area (Å²) in [6, 6.07) is 0.544. The molecule has 116 valence electrons. The third kappa shape index (κ3) is 4.78. The number of hydrogen-bond acceptors (Lipinski definition) is 2. The van der Waals surface area contributed by atoms with Crippen molar-refractivity contribution < 1.29 is 0 Å². The van der Waals surface area contributed by atoms with Crippen LogP contribution in [-0.2, 0) is 19.4 Å². The van der Waals surface area contributed by atoms with Crippen LogP contribution in [0.15, 0.2) is 0 Å². The Hall–Kier alpha value is -0.540. The van der Waals surface area contributed by atoms with Crippen molar-refractivity contribution in [2.75, 3.05) is 6.54 Å². The second-order valence-corrected chi connectivity index (χ2v) is 6.95. The van der Waals surface area contributed by atoms with Crippen LogP contribution in [-0.4, -0.2) is 22.4 Å². The molecule has 0 fully saturated rings. The van der Waals surface area contributed by atoms with E-state index in [0.29, 0.717) is 6.04 Å². The molecule has 0 spiro atoms. The van der Waals surface area contributed by atoms with E-state index in [1.54, 1.807) is 0 Å². The Morgan fingerprint density at radius 1 is 1.30 bits per heavy atom. The molecule has 1 rings (SSSR count). The molecule has 0 unspecified atom stereocenters. The monoisotopic (exact) mass is 299 g/mol. The highest BCUT2D eigenvalue weighted by atomic mass is 35.5. The van der Waals surface area contributed by atoms with Crippen molar-refractivity contribution in [2.45, 2.75) is 73.4 Å². The Labute approximate surface area is 129 Å². The minimum atomic E-state index is 0.226. The summed E-state index contributed by atoms with van der Waals surface area (Å²) in [6.07, 6.45) is 3.01. The van der Waals surface area contributed by atoms with Crippen molar-refractivity contribution in [2.24, 2.45) is 5.41 Å². The van der Waals surface area contributed by atoms with Gasteiger partial charge in [0.15, 0.2) is 0 Å². The van der Waals surface area contributed by atoms with Crippen LogP contribution < -0.4 is 5.32 Å². The average molecular weight is 300 g/mol. The van der Waals surface area contributed by atoms with Gasteiger partial charge in [-0.05, 0) is 38.1 Å². The first-order valence-electron chi connectivity index (χ1n) is 7.78. The van der Waals surface area contributed by atoms with E-state index in [9.17, 15) is 0 Å². The van der Waals surface area contributed by atoms with Gasteiger partial charge in [0, 0.05) is 12.6 Å². The molecule has 0 aliphatic carbocycles. The smallest absolute Gasteiger partial charge is 0.0850 e. The predicted octanol–water partition coefficient (Wildman–Crippen LogP) is 4.08. The maximum Gasteiger partial charge on any atom is 0.0850 e. The van der Waals surface area contributed by atoms with Gasteiger partial charge in [0.1, 0.15) is 0 Å². The Balaban J connectivity index is 2.77. The van der Waals surface area contributed by atoms with Gasteiger partial charge in [0.25, 0.3) is 0 Å². The van der Waals surface area contributed by atoms with Crippen molar-refractivity contribution >= 4 is 11.6 Å². The van der Waals surface area contributed by atoms with Crippen molar-refractivity contribution in [1.29, 1.82) is 0 Å². The van der Waals surface area contributed by atoms with E-state index in [-0.39, 0.29) is 5.41 Å². The third-order valence-corrected chi connectivity index (χ3v) is 4.13. The SMILES string of the molecule is CCc1nn(CC)c(CC(C)(C)CCNC(C)C)c1Cl. The van der Waals surface area contributed by atoms with Crippen LogP contribution in [0.25, 0.3) is 0 Å². The zero-order chi connectivity index (χ0) is 15.3. The molecular formula is C16H30ClN3. The van der Waals surface area contributed by atoms with E-state index in [0.717, 1.165) is 43.1 Å². The second-order valence-electron chi connectivity index (χ2n) is 6.58. The molecule has 0 radical (unpaired) electrons. The standard InChI is InChI=1S/C16H30ClN3/c1-7-13-15(17)14(20(8-2)19-13)11-16(5,6)9-10-18-12(3)4/h12,18H,7-11H2,1-6H3. The van der Waals surface area contributed by atoms with Gasteiger partial charge in [-0.1, -0.05) is 46.2 Å². The van der Waals surface area contributed by atoms with Crippen molar-refractivity contribution in [1.82, 2.24) is 15.1 Å². The number of halogens is 1. The lowest BCUT2D eigenvalue weighted by molar-refractivity contribution is 0.312. The normalized spacial score (nSPS) is 12.4. The van der Waals surface area contributed by atoms with Gasteiger partial charge in [-0.25, -0.2) is 0 Å². The summed E-state index contributed by atoms with van der Waals surface area (Å²) in [4.78, 5) is 0. The highest BCUT2D eigenvalue weighted by Gasteiger charge is 2.24. The maximum absolute atomic E-state index is 6.50. The molecule has 4 heteroatoms. The predicted molar refractivity (Wildman–Crippen MR) is 87.5 cm³/mol. The molecule has 1 heterocycles. The van der Waals surface area contributed by atoms with Gasteiger partial charge in [0.05, 0.1) is 16.4 Å². The van der Waals surface area contributed by atoms with Crippen LogP contribution in [0.2, 0.25) is 5.02 Å². The molecule has 1 aromatic rings. The molecule has 1 N–H and O–H groups in total.